The fourth-order valence-corrected chi connectivity index (χ4v) is 3.21. The minimum atomic E-state index is 0.129. The van der Waals surface area contributed by atoms with E-state index in [4.69, 9.17) is 0 Å². The number of nitrogens with zero attached hydrogens (tertiary/aromatic N) is 4. The van der Waals surface area contributed by atoms with Crippen molar-refractivity contribution in [2.75, 3.05) is 51.2 Å². The summed E-state index contributed by atoms with van der Waals surface area (Å²) in [6.45, 7) is 5.53. The first-order chi connectivity index (χ1) is 10.2. The number of hydrogen-bond donors (Lipinski definition) is 0. The summed E-state index contributed by atoms with van der Waals surface area (Å²) in [4.78, 5) is 23.7. The Labute approximate surface area is 126 Å². The van der Waals surface area contributed by atoms with Gasteiger partial charge in [0.25, 0.3) is 0 Å². The quantitative estimate of drug-likeness (QED) is 0.816. The smallest absolute Gasteiger partial charge is 0.227 e. The number of pyridine rings is 1. The molecule has 1 aromatic rings. The van der Waals surface area contributed by atoms with Gasteiger partial charge in [0, 0.05) is 45.5 Å². The Balaban J connectivity index is 1.62. The summed E-state index contributed by atoms with van der Waals surface area (Å²) in [5.41, 5.74) is 0. The van der Waals surface area contributed by atoms with Crippen molar-refractivity contribution in [3.05, 3.63) is 24.4 Å². The lowest BCUT2D eigenvalue weighted by atomic mass is 9.96. The van der Waals surface area contributed by atoms with Crippen molar-refractivity contribution in [3.8, 4) is 0 Å². The molecule has 3 heterocycles. The lowest BCUT2D eigenvalue weighted by molar-refractivity contribution is -0.137. The Morgan fingerprint density at radius 3 is 2.71 bits per heavy atom. The van der Waals surface area contributed by atoms with Gasteiger partial charge in [0.05, 0.1) is 5.92 Å². The van der Waals surface area contributed by atoms with Crippen molar-refractivity contribution in [1.29, 1.82) is 0 Å². The number of carbonyl (C=O) groups is 1. The van der Waals surface area contributed by atoms with Crippen LogP contribution >= 0.6 is 0 Å². The molecule has 0 aliphatic carbocycles. The van der Waals surface area contributed by atoms with E-state index < -0.39 is 0 Å². The minimum absolute atomic E-state index is 0.129. The van der Waals surface area contributed by atoms with Crippen molar-refractivity contribution in [1.82, 2.24) is 14.8 Å². The van der Waals surface area contributed by atoms with E-state index >= 15 is 0 Å². The van der Waals surface area contributed by atoms with Gasteiger partial charge in [0.1, 0.15) is 5.82 Å². The highest BCUT2D eigenvalue weighted by atomic mass is 16.2. The Bertz CT molecular complexity index is 470. The number of anilines is 1. The Hall–Kier alpha value is -1.62. The zero-order valence-electron chi connectivity index (χ0n) is 12.7. The molecule has 0 radical (unpaired) electrons. The summed E-state index contributed by atoms with van der Waals surface area (Å²) < 4.78 is 0. The average molecular weight is 288 g/mol. The first kappa shape index (κ1) is 14.3. The van der Waals surface area contributed by atoms with Crippen LogP contribution in [-0.4, -0.2) is 67.0 Å². The maximum atomic E-state index is 12.7. The van der Waals surface area contributed by atoms with Crippen LogP contribution in [0.3, 0.4) is 0 Å². The summed E-state index contributed by atoms with van der Waals surface area (Å²) in [5, 5.41) is 0. The molecule has 1 amide bonds. The van der Waals surface area contributed by atoms with E-state index in [1.165, 1.54) is 0 Å². The topological polar surface area (TPSA) is 39.7 Å². The van der Waals surface area contributed by atoms with Gasteiger partial charge < -0.3 is 14.7 Å². The van der Waals surface area contributed by atoms with Crippen LogP contribution in [0.5, 0.6) is 0 Å². The number of carbonyl (C=O) groups excluding carboxylic acids is 1. The molecular weight excluding hydrogens is 264 g/mol. The van der Waals surface area contributed by atoms with Crippen LogP contribution in [0.15, 0.2) is 24.4 Å². The number of hydrogen-bond acceptors (Lipinski definition) is 4. The van der Waals surface area contributed by atoms with E-state index in [0.29, 0.717) is 5.91 Å². The van der Waals surface area contributed by atoms with Crippen LogP contribution in [0, 0.1) is 5.92 Å². The molecule has 0 bridgehead atoms. The first-order valence-electron chi connectivity index (χ1n) is 7.87. The molecule has 1 atom stereocenters. The number of piperazine rings is 1. The van der Waals surface area contributed by atoms with Crippen molar-refractivity contribution in [3.63, 3.8) is 0 Å². The van der Waals surface area contributed by atoms with Crippen LogP contribution in [-0.2, 0) is 4.79 Å². The third kappa shape index (κ3) is 3.35. The van der Waals surface area contributed by atoms with Gasteiger partial charge in [-0.1, -0.05) is 6.07 Å². The molecular formula is C16H24N4O. The second kappa shape index (κ2) is 6.43. The number of rotatable bonds is 2. The second-order valence-electron chi connectivity index (χ2n) is 6.10. The van der Waals surface area contributed by atoms with Crippen molar-refractivity contribution in [2.24, 2.45) is 5.92 Å². The predicted octanol–water partition coefficient (Wildman–Crippen LogP) is 1.07. The first-order valence-corrected chi connectivity index (χ1v) is 7.87. The normalized spacial score (nSPS) is 24.1. The average Bonchev–Trinajstić information content (AvgIpc) is 2.56. The zero-order valence-corrected chi connectivity index (χ0v) is 12.7. The molecule has 3 rings (SSSR count). The number of likely N-dealkylation sites (N-methyl/N-ethyl adjacent to an activating group) is 1. The standard InChI is InChI=1S/C16H24N4O/c1-18-9-11-19(12-10-18)16(21)14-5-4-8-20(13-14)15-6-2-3-7-17-15/h2-3,6-7,14H,4-5,8-13H2,1H3. The lowest BCUT2D eigenvalue weighted by Crippen LogP contribution is -2.51. The van der Waals surface area contributed by atoms with Crippen LogP contribution in [0.1, 0.15) is 12.8 Å². The summed E-state index contributed by atoms with van der Waals surface area (Å²) in [6, 6.07) is 5.97. The molecule has 21 heavy (non-hydrogen) atoms. The van der Waals surface area contributed by atoms with Crippen molar-refractivity contribution < 1.29 is 4.79 Å². The molecule has 114 valence electrons. The van der Waals surface area contributed by atoms with E-state index in [-0.39, 0.29) is 5.92 Å². The molecule has 2 aliphatic heterocycles. The Morgan fingerprint density at radius 1 is 1.19 bits per heavy atom. The maximum absolute atomic E-state index is 12.7. The monoisotopic (exact) mass is 288 g/mol. The van der Waals surface area contributed by atoms with Gasteiger partial charge in [-0.3, -0.25) is 4.79 Å². The highest BCUT2D eigenvalue weighted by molar-refractivity contribution is 5.79. The van der Waals surface area contributed by atoms with Crippen LogP contribution in [0.25, 0.3) is 0 Å². The van der Waals surface area contributed by atoms with Crippen molar-refractivity contribution in [2.45, 2.75) is 12.8 Å². The molecule has 2 saturated heterocycles. The van der Waals surface area contributed by atoms with E-state index in [1.54, 1.807) is 0 Å². The third-order valence-corrected chi connectivity index (χ3v) is 4.56. The fourth-order valence-electron chi connectivity index (χ4n) is 3.21. The van der Waals surface area contributed by atoms with Crippen LogP contribution < -0.4 is 4.90 Å². The largest absolute Gasteiger partial charge is 0.356 e. The van der Waals surface area contributed by atoms with Gasteiger partial charge in [-0.05, 0) is 32.0 Å². The Morgan fingerprint density at radius 2 is 2.00 bits per heavy atom. The fraction of sp³-hybridized carbons (Fsp3) is 0.625. The number of amides is 1. The molecule has 0 spiro atoms. The second-order valence-corrected chi connectivity index (χ2v) is 6.10. The highest BCUT2D eigenvalue weighted by Gasteiger charge is 2.30. The van der Waals surface area contributed by atoms with Crippen molar-refractivity contribution >= 4 is 11.7 Å². The van der Waals surface area contributed by atoms with E-state index in [9.17, 15) is 4.79 Å². The van der Waals surface area contributed by atoms with Gasteiger partial charge in [0.2, 0.25) is 5.91 Å². The third-order valence-electron chi connectivity index (χ3n) is 4.56. The minimum Gasteiger partial charge on any atom is -0.356 e. The van der Waals surface area contributed by atoms with Gasteiger partial charge in [-0.25, -0.2) is 4.98 Å². The molecule has 0 N–H and O–H groups in total. The molecule has 5 nitrogen and oxygen atoms in total. The Kier molecular flexibility index (Phi) is 4.39. The molecule has 2 aliphatic rings. The summed E-state index contributed by atoms with van der Waals surface area (Å²) in [7, 11) is 2.12. The van der Waals surface area contributed by atoms with E-state index in [2.05, 4.69) is 21.8 Å². The summed E-state index contributed by atoms with van der Waals surface area (Å²) in [5.74, 6) is 1.46. The molecule has 0 aromatic carbocycles. The molecule has 0 saturated carbocycles. The van der Waals surface area contributed by atoms with Crippen LogP contribution in [0.2, 0.25) is 0 Å². The maximum Gasteiger partial charge on any atom is 0.227 e. The van der Waals surface area contributed by atoms with Crippen LogP contribution in [0.4, 0.5) is 5.82 Å². The van der Waals surface area contributed by atoms with E-state index in [1.807, 2.05) is 29.3 Å². The predicted molar refractivity (Wildman–Crippen MR) is 83.3 cm³/mol. The summed E-state index contributed by atoms with van der Waals surface area (Å²) >= 11 is 0. The SMILES string of the molecule is CN1CCN(C(=O)C2CCCN(c3ccccn3)C2)CC1. The molecule has 2 fully saturated rings. The van der Waals surface area contributed by atoms with Gasteiger partial charge in [0.15, 0.2) is 0 Å². The molecule has 1 unspecified atom stereocenters. The number of aromatic nitrogens is 1. The molecule has 5 heteroatoms. The molecule has 1 aromatic heterocycles. The lowest BCUT2D eigenvalue weighted by Gasteiger charge is -2.38. The highest BCUT2D eigenvalue weighted by Crippen LogP contribution is 2.23. The zero-order chi connectivity index (χ0) is 14.7. The van der Waals surface area contributed by atoms with Gasteiger partial charge >= 0.3 is 0 Å². The van der Waals surface area contributed by atoms with E-state index in [0.717, 1.165) is 57.9 Å². The summed E-state index contributed by atoms with van der Waals surface area (Å²) in [6.07, 6.45) is 3.90. The van der Waals surface area contributed by atoms with Gasteiger partial charge in [-0.15, -0.1) is 0 Å². The number of piperidine rings is 1. The van der Waals surface area contributed by atoms with Gasteiger partial charge in [-0.2, -0.15) is 0 Å².